The van der Waals surface area contributed by atoms with Gasteiger partial charge in [-0.25, -0.2) is 0 Å². The molecule has 1 aromatic heterocycles. The lowest BCUT2D eigenvalue weighted by molar-refractivity contribution is -0.141. The minimum atomic E-state index is -4.46. The Labute approximate surface area is 108 Å². The molecule has 0 radical (unpaired) electrons. The summed E-state index contributed by atoms with van der Waals surface area (Å²) in [6.07, 6.45) is -2.96. The quantitative estimate of drug-likeness (QED) is 0.846. The Bertz CT molecular complexity index is 462. The van der Waals surface area contributed by atoms with E-state index in [1.807, 2.05) is 4.90 Å². The molecule has 3 atom stereocenters. The van der Waals surface area contributed by atoms with Crippen LogP contribution in [0, 0.1) is 11.8 Å². The minimum absolute atomic E-state index is 0.212. The van der Waals surface area contributed by atoms with Crippen LogP contribution in [0.3, 0.4) is 0 Å². The van der Waals surface area contributed by atoms with Gasteiger partial charge in [-0.15, -0.1) is 10.2 Å². The molecule has 1 aliphatic carbocycles. The van der Waals surface area contributed by atoms with Gasteiger partial charge in [0.15, 0.2) is 11.5 Å². The fourth-order valence-corrected chi connectivity index (χ4v) is 3.07. The van der Waals surface area contributed by atoms with Gasteiger partial charge < -0.3 is 10.0 Å². The number of rotatable bonds is 1. The molecule has 2 heterocycles. The summed E-state index contributed by atoms with van der Waals surface area (Å²) >= 11 is 0. The number of fused-ring (bicyclic) bond motifs is 1. The zero-order chi connectivity index (χ0) is 13.6. The molecule has 2 aliphatic rings. The molecule has 4 nitrogen and oxygen atoms in total. The summed E-state index contributed by atoms with van der Waals surface area (Å²) < 4.78 is 37.2. The molecule has 19 heavy (non-hydrogen) atoms. The molecule has 1 aromatic rings. The second kappa shape index (κ2) is 4.33. The molecule has 1 N–H and O–H groups in total. The number of anilines is 1. The second-order valence-corrected chi connectivity index (χ2v) is 5.25. The van der Waals surface area contributed by atoms with Crippen molar-refractivity contribution in [1.82, 2.24) is 10.2 Å². The van der Waals surface area contributed by atoms with Crippen LogP contribution in [-0.4, -0.2) is 34.5 Å². The minimum Gasteiger partial charge on any atom is -0.393 e. The van der Waals surface area contributed by atoms with E-state index in [4.69, 9.17) is 0 Å². The van der Waals surface area contributed by atoms with Crippen molar-refractivity contribution >= 4 is 5.82 Å². The Kier molecular flexibility index (Phi) is 2.88. The van der Waals surface area contributed by atoms with E-state index in [-0.39, 0.29) is 12.0 Å². The lowest BCUT2D eigenvalue weighted by Gasteiger charge is -2.19. The number of halogens is 3. The summed E-state index contributed by atoms with van der Waals surface area (Å²) in [6.45, 7) is 1.38. The molecule has 0 aromatic carbocycles. The van der Waals surface area contributed by atoms with Gasteiger partial charge in [-0.2, -0.15) is 13.2 Å². The van der Waals surface area contributed by atoms with Gasteiger partial charge in [0.25, 0.3) is 0 Å². The molecule has 0 spiro atoms. The summed E-state index contributed by atoms with van der Waals surface area (Å²) in [5.74, 6) is 1.08. The van der Waals surface area contributed by atoms with E-state index in [1.165, 1.54) is 6.07 Å². The first-order chi connectivity index (χ1) is 8.95. The third kappa shape index (κ3) is 2.27. The summed E-state index contributed by atoms with van der Waals surface area (Å²) in [4.78, 5) is 1.91. The molecule has 104 valence electrons. The number of alkyl halides is 3. The molecule has 3 rings (SSSR count). The number of aliphatic hydroxyl groups excluding tert-OH is 1. The molecule has 1 aliphatic heterocycles. The van der Waals surface area contributed by atoms with Gasteiger partial charge in [0.2, 0.25) is 0 Å². The Balaban J connectivity index is 1.74. The highest BCUT2D eigenvalue weighted by atomic mass is 19.4. The van der Waals surface area contributed by atoms with Gasteiger partial charge in [0.05, 0.1) is 6.10 Å². The SMILES string of the molecule is OC1CCC2CN(c3ccc(C(F)(F)F)nn3)CC12. The second-order valence-electron chi connectivity index (χ2n) is 5.25. The van der Waals surface area contributed by atoms with Crippen LogP contribution in [0.2, 0.25) is 0 Å². The van der Waals surface area contributed by atoms with Crippen molar-refractivity contribution in [2.24, 2.45) is 11.8 Å². The summed E-state index contributed by atoms with van der Waals surface area (Å²) in [6, 6.07) is 2.30. The molecule has 2 fully saturated rings. The smallest absolute Gasteiger partial charge is 0.393 e. The summed E-state index contributed by atoms with van der Waals surface area (Å²) in [5, 5.41) is 16.7. The summed E-state index contributed by atoms with van der Waals surface area (Å²) in [5.41, 5.74) is -0.976. The topological polar surface area (TPSA) is 49.2 Å². The largest absolute Gasteiger partial charge is 0.435 e. The summed E-state index contributed by atoms with van der Waals surface area (Å²) in [7, 11) is 0. The highest BCUT2D eigenvalue weighted by Gasteiger charge is 2.42. The number of aliphatic hydroxyl groups is 1. The third-order valence-electron chi connectivity index (χ3n) is 4.08. The monoisotopic (exact) mass is 273 g/mol. The van der Waals surface area contributed by atoms with Crippen molar-refractivity contribution in [3.05, 3.63) is 17.8 Å². The lowest BCUT2D eigenvalue weighted by Crippen LogP contribution is -2.25. The van der Waals surface area contributed by atoms with E-state index in [9.17, 15) is 18.3 Å². The van der Waals surface area contributed by atoms with Crippen LogP contribution in [0.5, 0.6) is 0 Å². The van der Waals surface area contributed by atoms with E-state index in [2.05, 4.69) is 10.2 Å². The maximum Gasteiger partial charge on any atom is 0.435 e. The van der Waals surface area contributed by atoms with Gasteiger partial charge in [0, 0.05) is 19.0 Å². The van der Waals surface area contributed by atoms with Crippen molar-refractivity contribution in [3.8, 4) is 0 Å². The number of hydrogen-bond donors (Lipinski definition) is 1. The van der Waals surface area contributed by atoms with Crippen molar-refractivity contribution < 1.29 is 18.3 Å². The zero-order valence-electron chi connectivity index (χ0n) is 10.1. The highest BCUT2D eigenvalue weighted by molar-refractivity contribution is 5.40. The molecular weight excluding hydrogens is 259 g/mol. The number of aromatic nitrogens is 2. The van der Waals surface area contributed by atoms with E-state index in [1.54, 1.807) is 0 Å². The van der Waals surface area contributed by atoms with E-state index in [0.717, 1.165) is 25.5 Å². The maximum absolute atomic E-state index is 12.4. The predicted molar refractivity (Wildman–Crippen MR) is 61.5 cm³/mol. The molecular formula is C12H14F3N3O. The first kappa shape index (κ1) is 12.7. The average Bonchev–Trinajstić information content (AvgIpc) is 2.91. The average molecular weight is 273 g/mol. The normalized spacial score (nSPS) is 30.7. The molecule has 7 heteroatoms. The van der Waals surface area contributed by atoms with Gasteiger partial charge in [-0.3, -0.25) is 0 Å². The van der Waals surface area contributed by atoms with Gasteiger partial charge in [0.1, 0.15) is 0 Å². The fraction of sp³-hybridized carbons (Fsp3) is 0.667. The van der Waals surface area contributed by atoms with Gasteiger partial charge >= 0.3 is 6.18 Å². The van der Waals surface area contributed by atoms with Crippen LogP contribution in [0.25, 0.3) is 0 Å². The van der Waals surface area contributed by atoms with Crippen LogP contribution in [0.15, 0.2) is 12.1 Å². The van der Waals surface area contributed by atoms with E-state index in [0.29, 0.717) is 18.3 Å². The van der Waals surface area contributed by atoms with Crippen LogP contribution in [0.4, 0.5) is 19.0 Å². The van der Waals surface area contributed by atoms with Crippen LogP contribution in [-0.2, 0) is 6.18 Å². The van der Waals surface area contributed by atoms with Gasteiger partial charge in [-0.05, 0) is 30.9 Å². The van der Waals surface area contributed by atoms with Crippen molar-refractivity contribution in [1.29, 1.82) is 0 Å². The standard InChI is InChI=1S/C12H14F3N3O/c13-12(14,15)10-3-4-11(17-16-10)18-5-7-1-2-9(19)8(7)6-18/h3-4,7-9,19H,1-2,5-6H2. The van der Waals surface area contributed by atoms with Crippen molar-refractivity contribution in [2.75, 3.05) is 18.0 Å². The molecule has 1 saturated heterocycles. The Morgan fingerprint density at radius 1 is 1.16 bits per heavy atom. The zero-order valence-corrected chi connectivity index (χ0v) is 10.1. The highest BCUT2D eigenvalue weighted by Crippen LogP contribution is 2.39. The number of hydrogen-bond acceptors (Lipinski definition) is 4. The third-order valence-corrected chi connectivity index (χ3v) is 4.08. The molecule has 0 bridgehead atoms. The van der Waals surface area contributed by atoms with E-state index < -0.39 is 11.9 Å². The van der Waals surface area contributed by atoms with Crippen molar-refractivity contribution in [3.63, 3.8) is 0 Å². The van der Waals surface area contributed by atoms with E-state index >= 15 is 0 Å². The Hall–Kier alpha value is -1.37. The van der Waals surface area contributed by atoms with Crippen LogP contribution >= 0.6 is 0 Å². The fourth-order valence-electron chi connectivity index (χ4n) is 3.07. The first-order valence-corrected chi connectivity index (χ1v) is 6.29. The van der Waals surface area contributed by atoms with Gasteiger partial charge in [-0.1, -0.05) is 0 Å². The van der Waals surface area contributed by atoms with Crippen molar-refractivity contribution in [2.45, 2.75) is 25.1 Å². The Morgan fingerprint density at radius 2 is 1.95 bits per heavy atom. The van der Waals surface area contributed by atoms with Crippen LogP contribution < -0.4 is 4.90 Å². The lowest BCUT2D eigenvalue weighted by atomic mass is 10.00. The predicted octanol–water partition coefficient (Wildman–Crippen LogP) is 1.70. The van der Waals surface area contributed by atoms with Crippen LogP contribution in [0.1, 0.15) is 18.5 Å². The molecule has 3 unspecified atom stereocenters. The Morgan fingerprint density at radius 3 is 2.53 bits per heavy atom. The molecule has 0 amide bonds. The maximum atomic E-state index is 12.4. The first-order valence-electron chi connectivity index (χ1n) is 6.29. The molecule has 1 saturated carbocycles. The number of nitrogens with zero attached hydrogens (tertiary/aromatic N) is 3.